The van der Waals surface area contributed by atoms with Crippen molar-refractivity contribution in [1.82, 2.24) is 4.90 Å². The summed E-state index contributed by atoms with van der Waals surface area (Å²) in [7, 11) is 0. The Morgan fingerprint density at radius 1 is 1.37 bits per heavy atom. The van der Waals surface area contributed by atoms with Crippen molar-refractivity contribution in [2.75, 3.05) is 13.1 Å². The van der Waals surface area contributed by atoms with Crippen molar-refractivity contribution in [3.63, 3.8) is 0 Å². The normalized spacial score (nSPS) is 31.5. The minimum absolute atomic E-state index is 0.0213. The van der Waals surface area contributed by atoms with Crippen molar-refractivity contribution in [3.05, 3.63) is 33.0 Å². The van der Waals surface area contributed by atoms with Gasteiger partial charge in [-0.1, -0.05) is 24.1 Å². The highest BCUT2D eigenvalue weighted by Crippen LogP contribution is 2.44. The zero-order valence-corrected chi connectivity index (χ0v) is 12.8. The maximum absolute atomic E-state index is 14.4. The molecule has 104 valence electrons. The number of piperidine rings is 1. The molecule has 1 aromatic carbocycles. The Bertz CT molecular complexity index is 512. The first-order chi connectivity index (χ1) is 9.04. The summed E-state index contributed by atoms with van der Waals surface area (Å²) >= 11 is 9.16. The van der Waals surface area contributed by atoms with Crippen LogP contribution in [0.25, 0.3) is 0 Å². The molecule has 2 atom stereocenters. The zero-order chi connectivity index (χ0) is 13.6. The molecule has 3 rings (SSSR count). The van der Waals surface area contributed by atoms with Gasteiger partial charge in [-0.15, -0.1) is 0 Å². The van der Waals surface area contributed by atoms with Crippen LogP contribution in [0, 0.1) is 5.82 Å². The Hall–Kier alpha value is -0.160. The molecule has 0 radical (unpaired) electrons. The van der Waals surface area contributed by atoms with E-state index in [1.54, 1.807) is 12.1 Å². The summed E-state index contributed by atoms with van der Waals surface area (Å²) < 4.78 is 14.9. The summed E-state index contributed by atoms with van der Waals surface area (Å²) in [6.07, 6.45) is 3.75. The Labute approximate surface area is 125 Å². The molecule has 2 saturated heterocycles. The van der Waals surface area contributed by atoms with Crippen LogP contribution in [-0.4, -0.2) is 29.1 Å². The number of hydrogen-bond acceptors (Lipinski definition) is 2. The average Bonchev–Trinajstić information content (AvgIpc) is 2.75. The van der Waals surface area contributed by atoms with E-state index in [1.165, 1.54) is 0 Å². The number of benzene rings is 1. The predicted molar refractivity (Wildman–Crippen MR) is 76.8 cm³/mol. The van der Waals surface area contributed by atoms with Crippen LogP contribution in [0.1, 0.15) is 31.2 Å². The fourth-order valence-corrected chi connectivity index (χ4v) is 3.93. The highest BCUT2D eigenvalue weighted by molar-refractivity contribution is 9.10. The van der Waals surface area contributed by atoms with E-state index in [4.69, 9.17) is 11.6 Å². The quantitative estimate of drug-likeness (QED) is 0.783. The fourth-order valence-electron chi connectivity index (χ4n) is 3.45. The Morgan fingerprint density at radius 3 is 2.95 bits per heavy atom. The first-order valence-corrected chi connectivity index (χ1v) is 7.81. The average molecular weight is 349 g/mol. The van der Waals surface area contributed by atoms with Gasteiger partial charge in [-0.3, -0.25) is 4.90 Å². The van der Waals surface area contributed by atoms with Gasteiger partial charge in [0.1, 0.15) is 11.4 Å². The molecule has 2 aliphatic rings. The maximum atomic E-state index is 14.4. The van der Waals surface area contributed by atoms with Gasteiger partial charge in [-0.05, 0) is 47.8 Å². The molecular weight excluding hydrogens is 333 g/mol. The molecule has 19 heavy (non-hydrogen) atoms. The molecule has 0 amide bonds. The molecular formula is C14H16BrClFNO. The molecule has 0 saturated carbocycles. The lowest BCUT2D eigenvalue weighted by molar-refractivity contribution is -0.0164. The lowest BCUT2D eigenvalue weighted by Crippen LogP contribution is -2.45. The molecule has 2 unspecified atom stereocenters. The van der Waals surface area contributed by atoms with Gasteiger partial charge in [0.25, 0.3) is 0 Å². The van der Waals surface area contributed by atoms with E-state index >= 15 is 0 Å². The summed E-state index contributed by atoms with van der Waals surface area (Å²) in [5.74, 6) is -0.494. The monoisotopic (exact) mass is 347 g/mol. The molecule has 0 aliphatic carbocycles. The van der Waals surface area contributed by atoms with E-state index in [0.29, 0.717) is 16.5 Å². The third-order valence-electron chi connectivity index (χ3n) is 4.45. The summed E-state index contributed by atoms with van der Waals surface area (Å²) in [5, 5.41) is 11.1. The number of halogens is 3. The largest absolute Gasteiger partial charge is 0.383 e. The van der Waals surface area contributed by atoms with Crippen LogP contribution in [0.3, 0.4) is 0 Å². The van der Waals surface area contributed by atoms with E-state index in [1.807, 2.05) is 0 Å². The van der Waals surface area contributed by atoms with Gasteiger partial charge in [0.15, 0.2) is 0 Å². The number of rotatable bonds is 1. The van der Waals surface area contributed by atoms with Gasteiger partial charge in [-0.25, -0.2) is 4.39 Å². The van der Waals surface area contributed by atoms with Crippen molar-refractivity contribution in [3.8, 4) is 0 Å². The highest BCUT2D eigenvalue weighted by Gasteiger charge is 2.49. The lowest BCUT2D eigenvalue weighted by atomic mass is 9.82. The molecule has 2 nitrogen and oxygen atoms in total. The third kappa shape index (κ3) is 2.13. The summed E-state index contributed by atoms with van der Waals surface area (Å²) in [6.45, 7) is 1.83. The Kier molecular flexibility index (Phi) is 3.63. The van der Waals surface area contributed by atoms with Crippen molar-refractivity contribution < 1.29 is 9.50 Å². The van der Waals surface area contributed by atoms with Crippen molar-refractivity contribution in [2.45, 2.75) is 37.3 Å². The highest BCUT2D eigenvalue weighted by atomic mass is 79.9. The van der Waals surface area contributed by atoms with Crippen LogP contribution >= 0.6 is 27.5 Å². The van der Waals surface area contributed by atoms with E-state index in [-0.39, 0.29) is 11.1 Å². The number of hydrogen-bond donors (Lipinski definition) is 1. The summed E-state index contributed by atoms with van der Waals surface area (Å²) in [5.41, 5.74) is -0.760. The van der Waals surface area contributed by atoms with E-state index in [0.717, 1.165) is 32.4 Å². The van der Waals surface area contributed by atoms with Crippen molar-refractivity contribution >= 4 is 27.5 Å². The van der Waals surface area contributed by atoms with Crippen LogP contribution in [0.4, 0.5) is 4.39 Å². The van der Waals surface area contributed by atoms with Gasteiger partial charge in [0.2, 0.25) is 0 Å². The molecule has 1 N–H and O–H groups in total. The van der Waals surface area contributed by atoms with Crippen molar-refractivity contribution in [1.29, 1.82) is 0 Å². The van der Waals surface area contributed by atoms with Gasteiger partial charge in [0.05, 0.1) is 5.02 Å². The van der Waals surface area contributed by atoms with E-state index in [9.17, 15) is 9.50 Å². The molecule has 2 aliphatic heterocycles. The zero-order valence-electron chi connectivity index (χ0n) is 10.5. The second-order valence-corrected chi connectivity index (χ2v) is 6.68. The predicted octanol–water partition coefficient (Wildman–Crippen LogP) is 3.69. The molecule has 5 heteroatoms. The first kappa shape index (κ1) is 13.8. The van der Waals surface area contributed by atoms with E-state index in [2.05, 4.69) is 20.8 Å². The van der Waals surface area contributed by atoms with Gasteiger partial charge < -0.3 is 5.11 Å². The number of fused-ring (bicyclic) bond motifs is 1. The van der Waals surface area contributed by atoms with Gasteiger partial charge >= 0.3 is 0 Å². The molecule has 0 aromatic heterocycles. The summed E-state index contributed by atoms with van der Waals surface area (Å²) in [6, 6.07) is 3.39. The van der Waals surface area contributed by atoms with Gasteiger partial charge in [0, 0.05) is 22.6 Å². The second kappa shape index (κ2) is 4.99. The molecule has 0 bridgehead atoms. The smallest absolute Gasteiger partial charge is 0.149 e. The molecule has 0 spiro atoms. The summed E-state index contributed by atoms with van der Waals surface area (Å²) in [4.78, 5) is 2.28. The maximum Gasteiger partial charge on any atom is 0.149 e. The van der Waals surface area contributed by atoms with Crippen LogP contribution in [0.5, 0.6) is 0 Å². The SMILES string of the molecule is OC1(c2ccc(Br)c(Cl)c2F)CCN2CCCCC21. The number of nitrogens with zero attached hydrogens (tertiary/aromatic N) is 1. The lowest BCUT2D eigenvalue weighted by Gasteiger charge is -2.37. The van der Waals surface area contributed by atoms with Crippen LogP contribution in [0.2, 0.25) is 5.02 Å². The van der Waals surface area contributed by atoms with Crippen LogP contribution in [-0.2, 0) is 5.60 Å². The first-order valence-electron chi connectivity index (χ1n) is 6.64. The molecule has 1 aromatic rings. The molecule has 2 heterocycles. The second-order valence-electron chi connectivity index (χ2n) is 5.44. The molecule has 2 fully saturated rings. The standard InChI is InChI=1S/C14H16BrClFNO/c15-10-5-4-9(13(17)12(10)16)14(19)6-8-18-7-2-1-3-11(14)18/h4-5,11,19H,1-3,6-8H2. The Balaban J connectivity index is 2.03. The minimum Gasteiger partial charge on any atom is -0.383 e. The number of aliphatic hydroxyl groups is 1. The minimum atomic E-state index is -1.10. The topological polar surface area (TPSA) is 23.5 Å². The van der Waals surface area contributed by atoms with Crippen molar-refractivity contribution in [2.24, 2.45) is 0 Å². The van der Waals surface area contributed by atoms with Crippen LogP contribution in [0.15, 0.2) is 16.6 Å². The third-order valence-corrected chi connectivity index (χ3v) is 5.71. The van der Waals surface area contributed by atoms with Crippen LogP contribution < -0.4 is 0 Å². The Morgan fingerprint density at radius 2 is 2.16 bits per heavy atom. The fraction of sp³-hybridized carbons (Fsp3) is 0.571. The van der Waals surface area contributed by atoms with E-state index < -0.39 is 11.4 Å². The van der Waals surface area contributed by atoms with Gasteiger partial charge in [-0.2, -0.15) is 0 Å².